The van der Waals surface area contributed by atoms with Crippen molar-refractivity contribution in [3.05, 3.63) is 29.6 Å². The molecule has 0 radical (unpaired) electrons. The number of hydrogen-bond acceptors (Lipinski definition) is 2. The minimum atomic E-state index is -0.565. The summed E-state index contributed by atoms with van der Waals surface area (Å²) in [6.45, 7) is 0.557. The topological polar surface area (TPSA) is 38.3 Å². The Kier molecular flexibility index (Phi) is 5.85. The minimum absolute atomic E-state index is 0.0500. The molecule has 116 valence electrons. The van der Waals surface area contributed by atoms with Gasteiger partial charge in [-0.25, -0.2) is 4.39 Å². The van der Waals surface area contributed by atoms with E-state index in [9.17, 15) is 9.18 Å². The second-order valence-electron chi connectivity index (χ2n) is 5.51. The molecule has 0 heterocycles. The van der Waals surface area contributed by atoms with Gasteiger partial charge in [-0.05, 0) is 36.8 Å². The first-order chi connectivity index (χ1) is 10.2. The highest BCUT2D eigenvalue weighted by atomic mass is 35.5. The van der Waals surface area contributed by atoms with E-state index in [4.69, 9.17) is 16.3 Å². The second-order valence-corrected chi connectivity index (χ2v) is 5.82. The zero-order valence-corrected chi connectivity index (χ0v) is 13.0. The van der Waals surface area contributed by atoms with Crippen LogP contribution >= 0.6 is 11.6 Å². The maximum atomic E-state index is 13.8. The highest BCUT2D eigenvalue weighted by Gasteiger charge is 2.25. The van der Waals surface area contributed by atoms with Crippen molar-refractivity contribution in [2.24, 2.45) is 11.8 Å². The first kappa shape index (κ1) is 16.1. The van der Waals surface area contributed by atoms with Gasteiger partial charge in [-0.3, -0.25) is 4.79 Å². The van der Waals surface area contributed by atoms with Gasteiger partial charge in [0.25, 0.3) is 5.91 Å². The third-order valence-corrected chi connectivity index (χ3v) is 4.61. The average molecular weight is 314 g/mol. The normalized spacial score (nSPS) is 21.9. The molecular formula is C16H21ClFNO2. The van der Waals surface area contributed by atoms with Crippen LogP contribution in [0.2, 0.25) is 0 Å². The summed E-state index contributed by atoms with van der Waals surface area (Å²) in [6, 6.07) is 4.25. The van der Waals surface area contributed by atoms with Gasteiger partial charge in [-0.1, -0.05) is 12.8 Å². The monoisotopic (exact) mass is 313 g/mol. The summed E-state index contributed by atoms with van der Waals surface area (Å²) in [5, 5.41) is 2.83. The predicted molar refractivity (Wildman–Crippen MR) is 81.5 cm³/mol. The summed E-state index contributed by atoms with van der Waals surface area (Å²) in [6.07, 6.45) is 4.56. The van der Waals surface area contributed by atoms with Crippen LogP contribution in [0.25, 0.3) is 0 Å². The van der Waals surface area contributed by atoms with Crippen LogP contribution in [0.5, 0.6) is 5.75 Å². The van der Waals surface area contributed by atoms with E-state index in [0.717, 1.165) is 12.8 Å². The van der Waals surface area contributed by atoms with Gasteiger partial charge in [-0.2, -0.15) is 0 Å². The molecule has 3 nitrogen and oxygen atoms in total. The fourth-order valence-corrected chi connectivity index (χ4v) is 3.29. The van der Waals surface area contributed by atoms with Gasteiger partial charge in [0.1, 0.15) is 11.6 Å². The zero-order valence-electron chi connectivity index (χ0n) is 12.2. The highest BCUT2D eigenvalue weighted by Crippen LogP contribution is 2.30. The predicted octanol–water partition coefficient (Wildman–Crippen LogP) is 3.61. The molecule has 21 heavy (non-hydrogen) atoms. The Bertz CT molecular complexity index is 495. The number of rotatable bonds is 5. The highest BCUT2D eigenvalue weighted by molar-refractivity contribution is 6.18. The van der Waals surface area contributed by atoms with Crippen molar-refractivity contribution < 1.29 is 13.9 Å². The molecule has 1 amide bonds. The molecule has 2 unspecified atom stereocenters. The maximum absolute atomic E-state index is 13.8. The lowest BCUT2D eigenvalue weighted by Gasteiger charge is -2.30. The van der Waals surface area contributed by atoms with Crippen molar-refractivity contribution in [3.8, 4) is 5.75 Å². The van der Waals surface area contributed by atoms with Gasteiger partial charge in [0.05, 0.1) is 12.7 Å². The molecule has 0 spiro atoms. The van der Waals surface area contributed by atoms with Crippen molar-refractivity contribution in [1.82, 2.24) is 5.32 Å². The van der Waals surface area contributed by atoms with E-state index in [2.05, 4.69) is 5.32 Å². The number of nitrogens with one attached hydrogen (secondary N) is 1. The molecule has 0 aromatic heterocycles. The number of carbonyl (C=O) groups is 1. The van der Waals surface area contributed by atoms with Gasteiger partial charge >= 0.3 is 0 Å². The van der Waals surface area contributed by atoms with Crippen LogP contribution in [0.4, 0.5) is 4.39 Å². The molecule has 1 aliphatic rings. The Morgan fingerprint density at radius 3 is 2.71 bits per heavy atom. The summed E-state index contributed by atoms with van der Waals surface area (Å²) < 4.78 is 18.8. The largest absolute Gasteiger partial charge is 0.497 e. The number of methoxy groups -OCH3 is 1. The second kappa shape index (κ2) is 7.64. The first-order valence-electron chi connectivity index (χ1n) is 7.33. The van der Waals surface area contributed by atoms with Crippen LogP contribution in [0.1, 0.15) is 36.0 Å². The molecule has 2 rings (SSSR count). The van der Waals surface area contributed by atoms with E-state index in [1.807, 2.05) is 0 Å². The van der Waals surface area contributed by atoms with E-state index in [1.165, 1.54) is 32.1 Å². The lowest BCUT2D eigenvalue weighted by molar-refractivity contribution is 0.0932. The molecule has 1 aromatic rings. The Balaban J connectivity index is 1.95. The van der Waals surface area contributed by atoms with Crippen LogP contribution in [-0.2, 0) is 0 Å². The van der Waals surface area contributed by atoms with E-state index in [0.29, 0.717) is 30.0 Å². The summed E-state index contributed by atoms with van der Waals surface area (Å²) >= 11 is 5.98. The number of amides is 1. The summed E-state index contributed by atoms with van der Waals surface area (Å²) in [5.74, 6) is 0.914. The van der Waals surface area contributed by atoms with Crippen molar-refractivity contribution in [1.29, 1.82) is 0 Å². The molecule has 1 aliphatic carbocycles. The van der Waals surface area contributed by atoms with Gasteiger partial charge in [0.2, 0.25) is 0 Å². The minimum Gasteiger partial charge on any atom is -0.497 e. The molecule has 0 bridgehead atoms. The number of benzene rings is 1. The molecule has 5 heteroatoms. The Morgan fingerprint density at radius 2 is 2.10 bits per heavy atom. The fraction of sp³-hybridized carbons (Fsp3) is 0.562. The quantitative estimate of drug-likeness (QED) is 0.843. The fourth-order valence-electron chi connectivity index (χ4n) is 2.88. The van der Waals surface area contributed by atoms with Crippen LogP contribution in [0, 0.1) is 17.7 Å². The van der Waals surface area contributed by atoms with Gasteiger partial charge in [0.15, 0.2) is 0 Å². The summed E-state index contributed by atoms with van der Waals surface area (Å²) in [5.41, 5.74) is 0.0500. The van der Waals surface area contributed by atoms with Gasteiger partial charge in [0, 0.05) is 18.5 Å². The van der Waals surface area contributed by atoms with E-state index >= 15 is 0 Å². The smallest absolute Gasteiger partial charge is 0.254 e. The molecule has 0 saturated heterocycles. The third-order valence-electron chi connectivity index (χ3n) is 4.21. The summed E-state index contributed by atoms with van der Waals surface area (Å²) in [4.78, 5) is 12.1. The molecule has 2 atom stereocenters. The number of ether oxygens (including phenoxy) is 1. The first-order valence-corrected chi connectivity index (χ1v) is 7.87. The number of carbonyl (C=O) groups excluding carboxylic acids is 1. The SMILES string of the molecule is COc1ccc(C(=O)NCC2CCCCC2CCl)c(F)c1. The molecule has 1 N–H and O–H groups in total. The Labute approximate surface area is 129 Å². The number of halogens is 2. The van der Waals surface area contributed by atoms with Crippen molar-refractivity contribution in [3.63, 3.8) is 0 Å². The van der Waals surface area contributed by atoms with Crippen LogP contribution in [0.15, 0.2) is 18.2 Å². The van der Waals surface area contributed by atoms with Crippen LogP contribution < -0.4 is 10.1 Å². The zero-order chi connectivity index (χ0) is 15.2. The standard InChI is InChI=1S/C16H21ClFNO2/c1-21-13-6-7-14(15(18)8-13)16(20)19-10-12-5-3-2-4-11(12)9-17/h6-8,11-12H,2-5,9-10H2,1H3,(H,19,20). The van der Waals surface area contributed by atoms with E-state index in [1.54, 1.807) is 6.07 Å². The lowest BCUT2D eigenvalue weighted by Crippen LogP contribution is -2.35. The van der Waals surface area contributed by atoms with Crippen molar-refractivity contribution >= 4 is 17.5 Å². The van der Waals surface area contributed by atoms with Crippen molar-refractivity contribution in [2.45, 2.75) is 25.7 Å². The molecule has 1 fully saturated rings. The number of alkyl halides is 1. The van der Waals surface area contributed by atoms with Gasteiger partial charge in [-0.15, -0.1) is 11.6 Å². The molecule has 0 aliphatic heterocycles. The van der Waals surface area contributed by atoms with Crippen molar-refractivity contribution in [2.75, 3.05) is 19.5 Å². The third kappa shape index (κ3) is 4.10. The van der Waals surface area contributed by atoms with E-state index in [-0.39, 0.29) is 11.5 Å². The van der Waals surface area contributed by atoms with E-state index < -0.39 is 5.82 Å². The summed E-state index contributed by atoms with van der Waals surface area (Å²) in [7, 11) is 1.46. The number of hydrogen-bond donors (Lipinski definition) is 1. The Hall–Kier alpha value is -1.29. The molecular weight excluding hydrogens is 293 g/mol. The molecule has 1 saturated carbocycles. The maximum Gasteiger partial charge on any atom is 0.254 e. The van der Waals surface area contributed by atoms with Gasteiger partial charge < -0.3 is 10.1 Å². The Morgan fingerprint density at radius 1 is 1.38 bits per heavy atom. The average Bonchev–Trinajstić information content (AvgIpc) is 2.52. The molecule has 1 aromatic carbocycles. The van der Waals surface area contributed by atoms with Crippen LogP contribution in [0.3, 0.4) is 0 Å². The lowest BCUT2D eigenvalue weighted by atomic mass is 9.80. The van der Waals surface area contributed by atoms with Crippen LogP contribution in [-0.4, -0.2) is 25.4 Å².